The highest BCUT2D eigenvalue weighted by molar-refractivity contribution is 7.89. The molecule has 1 heterocycles. The van der Waals surface area contributed by atoms with Crippen molar-refractivity contribution in [1.29, 1.82) is 5.26 Å². The van der Waals surface area contributed by atoms with E-state index < -0.39 is 22.0 Å². The van der Waals surface area contributed by atoms with Crippen molar-refractivity contribution in [3.05, 3.63) is 15.8 Å². The lowest BCUT2D eigenvalue weighted by Gasteiger charge is -2.12. The number of esters is 1. The van der Waals surface area contributed by atoms with Crippen LogP contribution in [0, 0.1) is 18.3 Å². The minimum absolute atomic E-state index is 0.0386. The van der Waals surface area contributed by atoms with Gasteiger partial charge < -0.3 is 4.74 Å². The van der Waals surface area contributed by atoms with Gasteiger partial charge in [0.25, 0.3) is 0 Å². The lowest BCUT2D eigenvalue weighted by atomic mass is 10.3. The number of hydrogen-bond acceptors (Lipinski definition) is 6. The van der Waals surface area contributed by atoms with Crippen molar-refractivity contribution in [1.82, 2.24) is 4.72 Å². The lowest BCUT2D eigenvalue weighted by molar-refractivity contribution is 0.0602. The molecule has 19 heavy (non-hydrogen) atoms. The minimum Gasteiger partial charge on any atom is -0.465 e. The third-order valence-corrected chi connectivity index (χ3v) is 5.29. The maximum absolute atomic E-state index is 12.2. The number of thiophene rings is 1. The molecule has 1 N–H and O–H groups in total. The van der Waals surface area contributed by atoms with Gasteiger partial charge in [-0.1, -0.05) is 0 Å². The van der Waals surface area contributed by atoms with Crippen LogP contribution in [0.3, 0.4) is 0 Å². The first-order valence-corrected chi connectivity index (χ1v) is 7.75. The topological polar surface area (TPSA) is 96.3 Å². The van der Waals surface area contributed by atoms with Crippen molar-refractivity contribution >= 4 is 27.3 Å². The van der Waals surface area contributed by atoms with E-state index in [2.05, 4.69) is 9.46 Å². The van der Waals surface area contributed by atoms with Gasteiger partial charge in [-0.05, 0) is 24.8 Å². The van der Waals surface area contributed by atoms with Gasteiger partial charge in [0.05, 0.1) is 19.6 Å². The predicted molar refractivity (Wildman–Crippen MR) is 70.4 cm³/mol. The number of nitriles is 1. The molecule has 0 amide bonds. The standard InChI is InChI=1S/C11H14N2O4S2/c1-7-6-18-9(11(14)17-3)10(7)19(15,16)13-8(2)4-5-12/h6,8,13H,4H2,1-3H3. The molecule has 1 atom stereocenters. The number of methoxy groups -OCH3 is 1. The van der Waals surface area contributed by atoms with Crippen molar-refractivity contribution < 1.29 is 17.9 Å². The van der Waals surface area contributed by atoms with Crippen molar-refractivity contribution in [3.63, 3.8) is 0 Å². The Morgan fingerprint density at radius 1 is 1.63 bits per heavy atom. The third-order valence-electron chi connectivity index (χ3n) is 2.31. The Balaban J connectivity index is 3.18. The van der Waals surface area contributed by atoms with Gasteiger partial charge in [-0.25, -0.2) is 17.9 Å². The summed E-state index contributed by atoms with van der Waals surface area (Å²) in [5.74, 6) is -0.689. The van der Waals surface area contributed by atoms with Gasteiger partial charge in [0.2, 0.25) is 10.0 Å². The van der Waals surface area contributed by atoms with Crippen LogP contribution < -0.4 is 4.72 Å². The molecule has 6 nitrogen and oxygen atoms in total. The van der Waals surface area contributed by atoms with Gasteiger partial charge in [-0.3, -0.25) is 0 Å². The number of carbonyl (C=O) groups is 1. The van der Waals surface area contributed by atoms with Crippen LogP contribution in [-0.4, -0.2) is 27.5 Å². The normalized spacial score (nSPS) is 12.7. The third kappa shape index (κ3) is 3.53. The number of nitrogens with one attached hydrogen (secondary N) is 1. The zero-order valence-corrected chi connectivity index (χ0v) is 12.4. The average molecular weight is 302 g/mol. The number of aryl methyl sites for hydroxylation is 1. The molecule has 8 heteroatoms. The molecule has 0 saturated carbocycles. The molecule has 0 aliphatic rings. The Kier molecular flexibility index (Phi) is 5.05. The SMILES string of the molecule is COC(=O)c1scc(C)c1S(=O)(=O)NC(C)CC#N. The minimum atomic E-state index is -3.85. The fourth-order valence-corrected chi connectivity index (χ4v) is 4.45. The Morgan fingerprint density at radius 3 is 2.79 bits per heavy atom. The molecule has 104 valence electrons. The average Bonchev–Trinajstić information content (AvgIpc) is 2.70. The number of carbonyl (C=O) groups excluding carboxylic acids is 1. The summed E-state index contributed by atoms with van der Waals surface area (Å²) in [6, 6.07) is 1.35. The van der Waals surface area contributed by atoms with E-state index in [0.29, 0.717) is 5.56 Å². The van der Waals surface area contributed by atoms with Crippen molar-refractivity contribution in [2.75, 3.05) is 7.11 Å². The molecule has 0 aromatic carbocycles. The molecule has 1 rings (SSSR count). The predicted octanol–water partition coefficient (Wildman–Crippen LogP) is 1.42. The van der Waals surface area contributed by atoms with Crippen LogP contribution in [0.15, 0.2) is 10.3 Å². The fraction of sp³-hybridized carbons (Fsp3) is 0.455. The molecule has 1 aromatic heterocycles. The van der Waals surface area contributed by atoms with Gasteiger partial charge in [0, 0.05) is 6.04 Å². The van der Waals surface area contributed by atoms with Crippen LogP contribution >= 0.6 is 11.3 Å². The Bertz CT molecular complexity index is 613. The fourth-order valence-electron chi connectivity index (χ4n) is 1.50. The van der Waals surface area contributed by atoms with Crippen LogP contribution in [0.25, 0.3) is 0 Å². The summed E-state index contributed by atoms with van der Waals surface area (Å²) in [6.07, 6.45) is 0.0516. The van der Waals surface area contributed by atoms with Crippen LogP contribution in [-0.2, 0) is 14.8 Å². The maximum atomic E-state index is 12.2. The van der Waals surface area contributed by atoms with E-state index >= 15 is 0 Å². The van der Waals surface area contributed by atoms with Crippen LogP contribution in [0.1, 0.15) is 28.6 Å². The zero-order valence-electron chi connectivity index (χ0n) is 10.8. The van der Waals surface area contributed by atoms with E-state index in [1.54, 1.807) is 19.2 Å². The van der Waals surface area contributed by atoms with Gasteiger partial charge in [-0.15, -0.1) is 11.3 Å². The molecule has 0 aliphatic heterocycles. The number of nitrogens with zero attached hydrogens (tertiary/aromatic N) is 1. The number of ether oxygens (including phenoxy) is 1. The van der Waals surface area contributed by atoms with Gasteiger partial charge >= 0.3 is 5.97 Å². The highest BCUT2D eigenvalue weighted by atomic mass is 32.2. The number of rotatable bonds is 5. The molecule has 1 aromatic rings. The summed E-state index contributed by atoms with van der Waals surface area (Å²) in [6.45, 7) is 3.19. The largest absolute Gasteiger partial charge is 0.465 e. The summed E-state index contributed by atoms with van der Waals surface area (Å²) in [5, 5.41) is 10.1. The van der Waals surface area contributed by atoms with Crippen molar-refractivity contribution in [3.8, 4) is 6.07 Å². The first-order valence-electron chi connectivity index (χ1n) is 5.39. The monoisotopic (exact) mass is 302 g/mol. The Hall–Kier alpha value is -1.43. The first kappa shape index (κ1) is 15.6. The van der Waals surface area contributed by atoms with Crippen LogP contribution in [0.2, 0.25) is 0 Å². The number of sulfonamides is 1. The molecule has 0 fully saturated rings. The molecule has 1 unspecified atom stereocenters. The van der Waals surface area contributed by atoms with Crippen LogP contribution in [0.5, 0.6) is 0 Å². The number of hydrogen-bond donors (Lipinski definition) is 1. The van der Waals surface area contributed by atoms with Crippen LogP contribution in [0.4, 0.5) is 0 Å². The summed E-state index contributed by atoms with van der Waals surface area (Å²) >= 11 is 1.02. The second-order valence-electron chi connectivity index (χ2n) is 3.95. The summed E-state index contributed by atoms with van der Waals surface area (Å²) in [4.78, 5) is 11.5. The second-order valence-corrected chi connectivity index (χ2v) is 6.48. The van der Waals surface area contributed by atoms with E-state index in [0.717, 1.165) is 11.3 Å². The lowest BCUT2D eigenvalue weighted by Crippen LogP contribution is -2.33. The van der Waals surface area contributed by atoms with Gasteiger partial charge in [0.15, 0.2) is 0 Å². The Morgan fingerprint density at radius 2 is 2.26 bits per heavy atom. The zero-order chi connectivity index (χ0) is 14.6. The smallest absolute Gasteiger partial charge is 0.349 e. The summed E-state index contributed by atoms with van der Waals surface area (Å²) < 4.78 is 31.4. The van der Waals surface area contributed by atoms with E-state index in [9.17, 15) is 13.2 Å². The van der Waals surface area contributed by atoms with E-state index in [-0.39, 0.29) is 16.2 Å². The molecule has 0 radical (unpaired) electrons. The quantitative estimate of drug-likeness (QED) is 0.830. The molecule has 0 aliphatic carbocycles. The van der Waals surface area contributed by atoms with E-state index in [4.69, 9.17) is 5.26 Å². The molecular weight excluding hydrogens is 288 g/mol. The molecule has 0 saturated heterocycles. The second kappa shape index (κ2) is 6.14. The van der Waals surface area contributed by atoms with Crippen molar-refractivity contribution in [2.24, 2.45) is 0 Å². The maximum Gasteiger partial charge on any atom is 0.349 e. The molecule has 0 bridgehead atoms. The van der Waals surface area contributed by atoms with Gasteiger partial charge in [0.1, 0.15) is 9.77 Å². The Labute approximate surface area is 116 Å². The highest BCUT2D eigenvalue weighted by Crippen LogP contribution is 2.27. The highest BCUT2D eigenvalue weighted by Gasteiger charge is 2.28. The van der Waals surface area contributed by atoms with Gasteiger partial charge in [-0.2, -0.15) is 5.26 Å². The van der Waals surface area contributed by atoms with E-state index in [1.165, 1.54) is 7.11 Å². The van der Waals surface area contributed by atoms with E-state index in [1.807, 2.05) is 6.07 Å². The summed E-state index contributed by atoms with van der Waals surface area (Å²) in [7, 11) is -2.65. The summed E-state index contributed by atoms with van der Waals surface area (Å²) in [5.41, 5.74) is 0.474. The molecule has 0 spiro atoms. The molecular formula is C11H14N2O4S2. The van der Waals surface area contributed by atoms with Crippen molar-refractivity contribution in [2.45, 2.75) is 31.2 Å². The first-order chi connectivity index (χ1) is 8.83.